The smallest absolute Gasteiger partial charge is 0.238 e. The standard InChI is InChI=1S/C60H38N4O.C3H8/c1-60(2)50-24-11-9-18-43(50)49-33-37(29-31-51(49)60)40-22-13-23-48-54-46-20-7-5-16-41(46)42-17-6-8-21-47(42)56(54)64(55(40)48)59-62-57(38-27-26-35-14-3-4-15-36(35)32-38)61-58(63-59)39-28-30-45-44-19-10-12-25-52(44)65-53(45)34-39;1-3-2/h3-34H,1-2H3;3H2,1-2H3. The maximum absolute atomic E-state index is 6.44. The van der Waals surface area contributed by atoms with Crippen molar-refractivity contribution in [1.82, 2.24) is 19.5 Å². The largest absolute Gasteiger partial charge is 0.456 e. The highest BCUT2D eigenvalue weighted by atomic mass is 16.3. The number of nitrogens with zero attached hydrogens (tertiary/aromatic N) is 4. The Morgan fingerprint density at radius 2 is 0.985 bits per heavy atom. The molecule has 5 nitrogen and oxygen atoms in total. The summed E-state index contributed by atoms with van der Waals surface area (Å²) in [4.78, 5) is 16.3. The molecule has 0 radical (unpaired) electrons. The van der Waals surface area contributed by atoms with Crippen molar-refractivity contribution in [3.63, 3.8) is 0 Å². The van der Waals surface area contributed by atoms with Gasteiger partial charge in [0.2, 0.25) is 5.95 Å². The predicted molar refractivity (Wildman–Crippen MR) is 284 cm³/mol. The van der Waals surface area contributed by atoms with Gasteiger partial charge in [0.25, 0.3) is 0 Å². The maximum Gasteiger partial charge on any atom is 0.238 e. The molecule has 14 rings (SSSR count). The summed E-state index contributed by atoms with van der Waals surface area (Å²) in [5.41, 5.74) is 12.9. The van der Waals surface area contributed by atoms with Crippen LogP contribution in [-0.4, -0.2) is 19.5 Å². The van der Waals surface area contributed by atoms with E-state index in [-0.39, 0.29) is 5.41 Å². The molecule has 3 heterocycles. The van der Waals surface area contributed by atoms with Gasteiger partial charge in [-0.05, 0) is 85.1 Å². The summed E-state index contributed by atoms with van der Waals surface area (Å²) in [6.07, 6.45) is 1.25. The Hall–Kier alpha value is -8.41. The van der Waals surface area contributed by atoms with E-state index in [0.717, 1.165) is 76.8 Å². The van der Waals surface area contributed by atoms with Gasteiger partial charge in [-0.1, -0.05) is 198 Å². The second-order valence-corrected chi connectivity index (χ2v) is 18.6. The summed E-state index contributed by atoms with van der Waals surface area (Å²) in [6, 6.07) is 69.6. The van der Waals surface area contributed by atoms with Gasteiger partial charge in [0, 0.05) is 49.0 Å². The van der Waals surface area contributed by atoms with Gasteiger partial charge in [0.1, 0.15) is 11.2 Å². The fraction of sp³-hybridized carbons (Fsp3) is 0.0952. The normalized spacial score (nSPS) is 12.9. The van der Waals surface area contributed by atoms with Crippen LogP contribution in [0.5, 0.6) is 0 Å². The zero-order chi connectivity index (χ0) is 45.7. The van der Waals surface area contributed by atoms with Crippen LogP contribution in [0, 0.1) is 0 Å². The van der Waals surface area contributed by atoms with E-state index in [1.807, 2.05) is 12.1 Å². The minimum atomic E-state index is -0.102. The fourth-order valence-electron chi connectivity index (χ4n) is 11.0. The van der Waals surface area contributed by atoms with Gasteiger partial charge in [-0.15, -0.1) is 0 Å². The van der Waals surface area contributed by atoms with E-state index in [4.69, 9.17) is 19.4 Å². The Labute approximate surface area is 394 Å². The highest BCUT2D eigenvalue weighted by Gasteiger charge is 2.35. The van der Waals surface area contributed by atoms with Gasteiger partial charge in [-0.2, -0.15) is 9.97 Å². The number of aromatic nitrogens is 4. The molecule has 0 spiro atoms. The summed E-state index contributed by atoms with van der Waals surface area (Å²) in [6.45, 7) is 8.92. The number of hydrogen-bond donors (Lipinski definition) is 0. The summed E-state index contributed by atoms with van der Waals surface area (Å²) in [5.74, 6) is 1.70. The first-order valence-electron chi connectivity index (χ1n) is 23.7. The zero-order valence-electron chi connectivity index (χ0n) is 38.4. The van der Waals surface area contributed by atoms with Gasteiger partial charge in [0.15, 0.2) is 11.6 Å². The molecular weight excluding hydrogens is 829 g/mol. The van der Waals surface area contributed by atoms with Crippen LogP contribution in [0.15, 0.2) is 199 Å². The van der Waals surface area contributed by atoms with Crippen molar-refractivity contribution in [2.24, 2.45) is 0 Å². The molecule has 0 atom stereocenters. The van der Waals surface area contributed by atoms with Crippen LogP contribution < -0.4 is 0 Å². The molecule has 13 aromatic rings. The molecule has 0 amide bonds. The molecule has 5 heteroatoms. The number of rotatable bonds is 4. The maximum atomic E-state index is 6.44. The van der Waals surface area contributed by atoms with Crippen molar-refractivity contribution in [2.45, 2.75) is 39.5 Å². The average Bonchev–Trinajstić information content (AvgIpc) is 4.02. The lowest BCUT2D eigenvalue weighted by Gasteiger charge is -2.21. The molecular formula is C63H46N4O. The molecule has 0 bridgehead atoms. The topological polar surface area (TPSA) is 56.7 Å². The quantitative estimate of drug-likeness (QED) is 0.165. The molecule has 0 saturated heterocycles. The molecule has 3 aromatic heterocycles. The third-order valence-corrected chi connectivity index (χ3v) is 14.0. The van der Waals surface area contributed by atoms with E-state index < -0.39 is 0 Å². The summed E-state index contributed by atoms with van der Waals surface area (Å²) < 4.78 is 8.77. The van der Waals surface area contributed by atoms with Crippen LogP contribution in [0.2, 0.25) is 0 Å². The molecule has 1 aliphatic carbocycles. The Morgan fingerprint density at radius 1 is 0.412 bits per heavy atom. The van der Waals surface area contributed by atoms with Crippen molar-refractivity contribution >= 4 is 76.1 Å². The Kier molecular flexibility index (Phi) is 9.00. The van der Waals surface area contributed by atoms with E-state index in [1.165, 1.54) is 50.2 Å². The lowest BCUT2D eigenvalue weighted by atomic mass is 9.82. The van der Waals surface area contributed by atoms with Gasteiger partial charge >= 0.3 is 0 Å². The summed E-state index contributed by atoms with van der Waals surface area (Å²) in [7, 11) is 0. The Balaban J connectivity index is 0.00000149. The highest BCUT2D eigenvalue weighted by molar-refractivity contribution is 6.33. The molecule has 0 saturated carbocycles. The van der Waals surface area contributed by atoms with Crippen molar-refractivity contribution in [1.29, 1.82) is 0 Å². The van der Waals surface area contributed by atoms with Gasteiger partial charge in [0.05, 0.1) is 11.0 Å². The number of benzene rings is 10. The van der Waals surface area contributed by atoms with Crippen LogP contribution in [0.3, 0.4) is 0 Å². The molecule has 10 aromatic carbocycles. The minimum absolute atomic E-state index is 0.102. The van der Waals surface area contributed by atoms with Crippen molar-refractivity contribution < 1.29 is 4.42 Å². The van der Waals surface area contributed by atoms with Crippen LogP contribution in [0.4, 0.5) is 0 Å². The third-order valence-electron chi connectivity index (χ3n) is 14.0. The lowest BCUT2D eigenvalue weighted by Crippen LogP contribution is -2.14. The first-order valence-corrected chi connectivity index (χ1v) is 23.7. The predicted octanol–water partition coefficient (Wildman–Crippen LogP) is 17.1. The van der Waals surface area contributed by atoms with Crippen molar-refractivity contribution in [3.8, 4) is 51.0 Å². The molecule has 0 aliphatic heterocycles. The molecule has 0 N–H and O–H groups in total. The van der Waals surface area contributed by atoms with Gasteiger partial charge in [-0.3, -0.25) is 4.57 Å². The second kappa shape index (κ2) is 15.3. The van der Waals surface area contributed by atoms with Crippen molar-refractivity contribution in [2.75, 3.05) is 0 Å². The molecule has 0 fully saturated rings. The minimum Gasteiger partial charge on any atom is -0.456 e. The Morgan fingerprint density at radius 3 is 1.79 bits per heavy atom. The van der Waals surface area contributed by atoms with Crippen molar-refractivity contribution in [3.05, 3.63) is 205 Å². The molecule has 1 aliphatic rings. The monoisotopic (exact) mass is 874 g/mol. The van der Waals surface area contributed by atoms with E-state index in [9.17, 15) is 0 Å². The first-order chi connectivity index (χ1) is 33.4. The van der Waals surface area contributed by atoms with Gasteiger partial charge in [-0.25, -0.2) is 4.98 Å². The lowest BCUT2D eigenvalue weighted by molar-refractivity contribution is 0.660. The SMILES string of the molecule is CC1(C)c2ccccc2-c2cc(-c3cccc4c5c6ccccc6c6ccccc6c5n(-c5nc(-c6ccc7ccccc7c6)nc(-c6ccc7c(c6)oc6ccccc67)n5)c34)ccc21.CCC. The van der Waals surface area contributed by atoms with E-state index in [2.05, 4.69) is 214 Å². The average molecular weight is 875 g/mol. The highest BCUT2D eigenvalue weighted by Crippen LogP contribution is 2.51. The van der Waals surface area contributed by atoms with E-state index in [1.54, 1.807) is 0 Å². The number of para-hydroxylation sites is 2. The number of fused-ring (bicyclic) bond motifs is 15. The van der Waals surface area contributed by atoms with Crippen LogP contribution in [-0.2, 0) is 5.41 Å². The van der Waals surface area contributed by atoms with E-state index >= 15 is 0 Å². The van der Waals surface area contributed by atoms with Crippen LogP contribution in [0.1, 0.15) is 45.2 Å². The van der Waals surface area contributed by atoms with Crippen LogP contribution >= 0.6 is 0 Å². The summed E-state index contributed by atoms with van der Waals surface area (Å²) in [5, 5.41) is 11.4. The van der Waals surface area contributed by atoms with Gasteiger partial charge < -0.3 is 4.42 Å². The first kappa shape index (κ1) is 39.9. The van der Waals surface area contributed by atoms with Crippen LogP contribution in [0.25, 0.3) is 127 Å². The Bertz CT molecular complexity index is 4190. The number of hydrogen-bond acceptors (Lipinski definition) is 4. The fourth-order valence-corrected chi connectivity index (χ4v) is 11.0. The molecule has 0 unspecified atom stereocenters. The third kappa shape index (κ3) is 5.98. The molecule has 324 valence electrons. The zero-order valence-corrected chi connectivity index (χ0v) is 38.4. The second-order valence-electron chi connectivity index (χ2n) is 18.6. The van der Waals surface area contributed by atoms with E-state index in [0.29, 0.717) is 17.6 Å². The molecule has 68 heavy (non-hydrogen) atoms. The number of furan rings is 1. The summed E-state index contributed by atoms with van der Waals surface area (Å²) >= 11 is 0.